The largest absolute Gasteiger partial charge is 0.444 e. The molecule has 3 N–H and O–H groups in total. The molecule has 3 aromatic heterocycles. The van der Waals surface area contributed by atoms with Gasteiger partial charge >= 0.3 is 6.09 Å². The molecule has 0 unspecified atom stereocenters. The number of amides is 1. The van der Waals surface area contributed by atoms with Crippen LogP contribution in [0.4, 0.5) is 10.7 Å². The van der Waals surface area contributed by atoms with Crippen LogP contribution in [0.25, 0.3) is 22.0 Å². The Hall–Kier alpha value is -3.43. The van der Waals surface area contributed by atoms with Gasteiger partial charge in [0.25, 0.3) is 5.56 Å². The predicted molar refractivity (Wildman–Crippen MR) is 121 cm³/mol. The van der Waals surface area contributed by atoms with Crippen molar-refractivity contribution in [3.05, 3.63) is 35.1 Å². The summed E-state index contributed by atoms with van der Waals surface area (Å²) in [7, 11) is 1.83. The molecule has 0 aliphatic heterocycles. The summed E-state index contributed by atoms with van der Waals surface area (Å²) in [5, 5.41) is 11.0. The number of carbonyl (C=O) groups is 1. The third-order valence-electron chi connectivity index (χ3n) is 5.43. The molecule has 1 saturated carbocycles. The summed E-state index contributed by atoms with van der Waals surface area (Å²) in [6.45, 7) is 5.52. The molecule has 170 valence electrons. The Kier molecular flexibility index (Phi) is 5.86. The maximum Gasteiger partial charge on any atom is 0.407 e. The third-order valence-corrected chi connectivity index (χ3v) is 5.43. The second kappa shape index (κ2) is 8.60. The number of aryl methyl sites for hydroxylation is 1. The number of ether oxygens (including phenoxy) is 1. The lowest BCUT2D eigenvalue weighted by Gasteiger charge is -2.33. The van der Waals surface area contributed by atoms with Crippen molar-refractivity contribution in [3.63, 3.8) is 0 Å². The van der Waals surface area contributed by atoms with E-state index in [1.165, 1.54) is 6.20 Å². The number of H-pyrrole nitrogens is 1. The van der Waals surface area contributed by atoms with Crippen molar-refractivity contribution in [2.75, 3.05) is 5.32 Å². The summed E-state index contributed by atoms with van der Waals surface area (Å²) in [6, 6.07) is -0.146. The van der Waals surface area contributed by atoms with Gasteiger partial charge in [0.05, 0.1) is 23.1 Å². The van der Waals surface area contributed by atoms with E-state index in [9.17, 15) is 9.59 Å². The van der Waals surface area contributed by atoms with Crippen LogP contribution in [0.1, 0.15) is 46.5 Å². The molecule has 1 amide bonds. The van der Waals surface area contributed by atoms with Gasteiger partial charge in [-0.1, -0.05) is 12.8 Å². The zero-order valence-electron chi connectivity index (χ0n) is 18.8. The van der Waals surface area contributed by atoms with E-state index < -0.39 is 11.7 Å². The zero-order valence-corrected chi connectivity index (χ0v) is 18.8. The fourth-order valence-corrected chi connectivity index (χ4v) is 3.99. The summed E-state index contributed by atoms with van der Waals surface area (Å²) in [6.07, 6.45) is 10.1. The van der Waals surface area contributed by atoms with Crippen LogP contribution in [0.3, 0.4) is 0 Å². The van der Waals surface area contributed by atoms with Gasteiger partial charge in [-0.05, 0) is 33.6 Å². The number of pyridine rings is 1. The second-order valence-electron chi connectivity index (χ2n) is 9.18. The number of fused-ring (bicyclic) bond motifs is 1. The molecular formula is C22H29N7O3. The van der Waals surface area contributed by atoms with Gasteiger partial charge in [-0.3, -0.25) is 9.48 Å². The van der Waals surface area contributed by atoms with E-state index in [2.05, 4.69) is 30.7 Å². The number of carbonyl (C=O) groups excluding carboxylic acids is 1. The van der Waals surface area contributed by atoms with Crippen molar-refractivity contribution in [1.29, 1.82) is 0 Å². The maximum atomic E-state index is 12.3. The molecule has 3 heterocycles. The Morgan fingerprint density at radius 1 is 1.22 bits per heavy atom. The van der Waals surface area contributed by atoms with Crippen molar-refractivity contribution in [2.45, 2.75) is 64.1 Å². The van der Waals surface area contributed by atoms with Crippen LogP contribution >= 0.6 is 0 Å². The fraction of sp³-hybridized carbons (Fsp3) is 0.500. The van der Waals surface area contributed by atoms with E-state index >= 15 is 0 Å². The van der Waals surface area contributed by atoms with E-state index in [0.29, 0.717) is 16.9 Å². The highest BCUT2D eigenvalue weighted by Crippen LogP contribution is 2.26. The lowest BCUT2D eigenvalue weighted by molar-refractivity contribution is 0.0488. The number of alkyl carbamates (subject to hydrolysis) is 1. The molecule has 4 rings (SSSR count). The Bertz CT molecular complexity index is 1180. The van der Waals surface area contributed by atoms with E-state index in [1.54, 1.807) is 17.1 Å². The zero-order chi connectivity index (χ0) is 22.9. The van der Waals surface area contributed by atoms with E-state index in [1.807, 2.05) is 34.0 Å². The highest BCUT2D eigenvalue weighted by Gasteiger charge is 2.29. The lowest BCUT2D eigenvalue weighted by Crippen LogP contribution is -2.50. The topological polar surface area (TPSA) is 127 Å². The smallest absolute Gasteiger partial charge is 0.407 e. The van der Waals surface area contributed by atoms with Gasteiger partial charge in [0.1, 0.15) is 5.60 Å². The number of nitrogens with one attached hydrogen (secondary N) is 3. The highest BCUT2D eigenvalue weighted by atomic mass is 16.6. The number of rotatable bonds is 4. The Morgan fingerprint density at radius 2 is 1.97 bits per heavy atom. The molecule has 0 aromatic carbocycles. The molecule has 10 heteroatoms. The molecular weight excluding hydrogens is 410 g/mol. The number of aromatic nitrogens is 5. The minimum absolute atomic E-state index is 0.0439. The van der Waals surface area contributed by atoms with E-state index in [4.69, 9.17) is 4.74 Å². The lowest BCUT2D eigenvalue weighted by atomic mass is 9.90. The predicted octanol–water partition coefficient (Wildman–Crippen LogP) is 2.97. The summed E-state index contributed by atoms with van der Waals surface area (Å²) in [5.74, 6) is 0.413. The molecule has 1 aliphatic rings. The molecule has 0 radical (unpaired) electrons. The van der Waals surface area contributed by atoms with Crippen LogP contribution in [0.5, 0.6) is 0 Å². The molecule has 32 heavy (non-hydrogen) atoms. The molecule has 2 atom stereocenters. The van der Waals surface area contributed by atoms with Crippen LogP contribution in [-0.2, 0) is 11.8 Å². The van der Waals surface area contributed by atoms with E-state index in [-0.39, 0.29) is 17.6 Å². The summed E-state index contributed by atoms with van der Waals surface area (Å²) in [4.78, 5) is 36.4. The van der Waals surface area contributed by atoms with Crippen molar-refractivity contribution in [3.8, 4) is 11.1 Å². The number of hydrogen-bond acceptors (Lipinski definition) is 7. The second-order valence-corrected chi connectivity index (χ2v) is 9.18. The SMILES string of the molecule is Cn1cc(-c2c[nH]c(=O)c3cnc(N[C@H]4CCCC[C@H]4NC(=O)OC(C)(C)C)nc23)cn1. The molecule has 0 spiro atoms. The number of aromatic amines is 1. The van der Waals surface area contributed by atoms with Gasteiger partial charge in [-0.2, -0.15) is 5.10 Å². The van der Waals surface area contributed by atoms with Crippen molar-refractivity contribution in [1.82, 2.24) is 30.0 Å². The average Bonchev–Trinajstić information content (AvgIpc) is 3.14. The Balaban J connectivity index is 1.60. The number of nitrogens with zero attached hydrogens (tertiary/aromatic N) is 4. The first-order valence-corrected chi connectivity index (χ1v) is 10.8. The monoisotopic (exact) mass is 439 g/mol. The Labute approximate surface area is 185 Å². The van der Waals surface area contributed by atoms with Crippen molar-refractivity contribution >= 4 is 22.9 Å². The first kappa shape index (κ1) is 21.8. The van der Waals surface area contributed by atoms with Gasteiger partial charge < -0.3 is 20.4 Å². The minimum Gasteiger partial charge on any atom is -0.444 e. The van der Waals surface area contributed by atoms with Crippen LogP contribution in [0.2, 0.25) is 0 Å². The van der Waals surface area contributed by atoms with Gasteiger partial charge in [0, 0.05) is 42.8 Å². The highest BCUT2D eigenvalue weighted by molar-refractivity contribution is 5.92. The van der Waals surface area contributed by atoms with Crippen LogP contribution in [0.15, 0.2) is 29.6 Å². The van der Waals surface area contributed by atoms with E-state index in [0.717, 1.165) is 36.8 Å². The molecule has 10 nitrogen and oxygen atoms in total. The van der Waals surface area contributed by atoms with Gasteiger partial charge in [-0.15, -0.1) is 0 Å². The van der Waals surface area contributed by atoms with Crippen LogP contribution in [0, 0.1) is 0 Å². The minimum atomic E-state index is -0.557. The fourth-order valence-electron chi connectivity index (χ4n) is 3.99. The molecule has 3 aromatic rings. The Morgan fingerprint density at radius 3 is 2.66 bits per heavy atom. The normalized spacial score (nSPS) is 19.0. The summed E-state index contributed by atoms with van der Waals surface area (Å²) < 4.78 is 7.12. The third kappa shape index (κ3) is 4.90. The van der Waals surface area contributed by atoms with Gasteiger partial charge in [0.15, 0.2) is 0 Å². The molecule has 1 fully saturated rings. The molecule has 0 bridgehead atoms. The standard InChI is InChI=1S/C22H29N7O3/c1-22(2,3)32-21(31)27-17-8-6-5-7-16(17)26-20-24-11-15-18(28-20)14(10-23-19(15)30)13-9-25-29(4)12-13/h9-12,16-17H,5-8H2,1-4H3,(H,23,30)(H,27,31)(H,24,26,28)/t16-,17+/m0/s1. The number of anilines is 1. The number of hydrogen-bond donors (Lipinski definition) is 3. The first-order chi connectivity index (χ1) is 15.2. The molecule has 0 saturated heterocycles. The van der Waals surface area contributed by atoms with Crippen LogP contribution in [-0.4, -0.2) is 48.5 Å². The quantitative estimate of drug-likeness (QED) is 0.570. The van der Waals surface area contributed by atoms with Gasteiger partial charge in [0.2, 0.25) is 5.95 Å². The maximum absolute atomic E-state index is 12.3. The average molecular weight is 440 g/mol. The van der Waals surface area contributed by atoms with Crippen molar-refractivity contribution < 1.29 is 9.53 Å². The van der Waals surface area contributed by atoms with Crippen LogP contribution < -0.4 is 16.2 Å². The van der Waals surface area contributed by atoms with Gasteiger partial charge in [-0.25, -0.2) is 14.8 Å². The van der Waals surface area contributed by atoms with Crippen molar-refractivity contribution in [2.24, 2.45) is 7.05 Å². The first-order valence-electron chi connectivity index (χ1n) is 10.8. The summed E-state index contributed by atoms with van der Waals surface area (Å²) >= 11 is 0. The molecule has 1 aliphatic carbocycles. The summed E-state index contributed by atoms with van der Waals surface area (Å²) in [5.41, 5.74) is 1.36.